The minimum Gasteiger partial charge on any atom is -0.478 e. The van der Waals surface area contributed by atoms with Gasteiger partial charge in [-0.3, -0.25) is 4.79 Å². The number of halogens is 1. The van der Waals surface area contributed by atoms with Gasteiger partial charge in [-0.2, -0.15) is 0 Å². The Morgan fingerprint density at radius 1 is 1.47 bits per heavy atom. The molecule has 0 aromatic heterocycles. The third-order valence-electron chi connectivity index (χ3n) is 3.03. The number of carboxylic acids is 1. The largest absolute Gasteiger partial charge is 0.478 e. The molecule has 6 heteroatoms. The van der Waals surface area contributed by atoms with Crippen LogP contribution in [0.15, 0.2) is 18.2 Å². The van der Waals surface area contributed by atoms with Crippen LogP contribution in [0.4, 0.5) is 5.69 Å². The van der Waals surface area contributed by atoms with Crippen LogP contribution in [0.25, 0.3) is 0 Å². The first kappa shape index (κ1) is 15.5. The zero-order chi connectivity index (χ0) is 14.6. The molecule has 0 aliphatic rings. The summed E-state index contributed by atoms with van der Waals surface area (Å²) >= 11 is 5.73. The van der Waals surface area contributed by atoms with Crippen molar-refractivity contribution in [1.29, 1.82) is 0 Å². The van der Waals surface area contributed by atoms with E-state index >= 15 is 0 Å². The lowest BCUT2D eigenvalue weighted by Crippen LogP contribution is -2.40. The fourth-order valence-corrected chi connectivity index (χ4v) is 1.70. The summed E-state index contributed by atoms with van der Waals surface area (Å²) in [5.74, 6) is -1.55. The van der Waals surface area contributed by atoms with E-state index < -0.39 is 17.9 Å². The summed E-state index contributed by atoms with van der Waals surface area (Å²) in [6.07, 6.45) is 0.765. The van der Waals surface area contributed by atoms with E-state index in [0.717, 1.165) is 6.42 Å². The number of nitrogens with two attached hydrogens (primary N) is 1. The molecule has 0 heterocycles. The Bertz CT molecular complexity index is 491. The number of amides is 1. The highest BCUT2D eigenvalue weighted by Crippen LogP contribution is 2.21. The van der Waals surface area contributed by atoms with E-state index in [-0.39, 0.29) is 17.2 Å². The van der Waals surface area contributed by atoms with Gasteiger partial charge in [-0.15, -0.1) is 0 Å². The van der Waals surface area contributed by atoms with Gasteiger partial charge in [0.2, 0.25) is 5.91 Å². The molecular weight excluding hydrogens is 268 g/mol. The number of nitrogens with one attached hydrogen (secondary N) is 1. The minimum atomic E-state index is -1.16. The first-order chi connectivity index (χ1) is 8.86. The molecule has 1 aromatic carbocycles. The molecule has 2 atom stereocenters. The van der Waals surface area contributed by atoms with Crippen molar-refractivity contribution in [3.63, 3.8) is 0 Å². The average Bonchev–Trinajstić information content (AvgIpc) is 2.38. The number of benzene rings is 1. The van der Waals surface area contributed by atoms with Gasteiger partial charge in [0.15, 0.2) is 0 Å². The number of hydrogen-bond acceptors (Lipinski definition) is 3. The van der Waals surface area contributed by atoms with Crippen LogP contribution in [-0.4, -0.2) is 23.0 Å². The third-order valence-corrected chi connectivity index (χ3v) is 3.26. The minimum absolute atomic E-state index is 0.0144. The van der Waals surface area contributed by atoms with Gasteiger partial charge in [0, 0.05) is 5.02 Å². The second kappa shape index (κ2) is 6.54. The van der Waals surface area contributed by atoms with E-state index in [2.05, 4.69) is 5.32 Å². The molecule has 0 radical (unpaired) electrons. The highest BCUT2D eigenvalue weighted by Gasteiger charge is 2.21. The Morgan fingerprint density at radius 2 is 2.11 bits per heavy atom. The van der Waals surface area contributed by atoms with Gasteiger partial charge < -0.3 is 16.2 Å². The van der Waals surface area contributed by atoms with Crippen molar-refractivity contribution in [3.8, 4) is 0 Å². The van der Waals surface area contributed by atoms with Crippen LogP contribution in [0.2, 0.25) is 5.02 Å². The van der Waals surface area contributed by atoms with E-state index in [1.54, 1.807) is 0 Å². The third kappa shape index (κ3) is 3.94. The number of aromatic carboxylic acids is 1. The summed E-state index contributed by atoms with van der Waals surface area (Å²) in [4.78, 5) is 23.0. The molecule has 0 saturated carbocycles. The van der Waals surface area contributed by atoms with Crippen molar-refractivity contribution < 1.29 is 14.7 Å². The normalized spacial score (nSPS) is 13.7. The first-order valence-electron chi connectivity index (χ1n) is 5.96. The van der Waals surface area contributed by atoms with Gasteiger partial charge in [-0.05, 0) is 24.1 Å². The van der Waals surface area contributed by atoms with Crippen LogP contribution >= 0.6 is 11.6 Å². The predicted molar refractivity (Wildman–Crippen MR) is 74.5 cm³/mol. The van der Waals surface area contributed by atoms with E-state index in [0.29, 0.717) is 5.02 Å². The van der Waals surface area contributed by atoms with Crippen molar-refractivity contribution >= 4 is 29.2 Å². The van der Waals surface area contributed by atoms with E-state index in [1.807, 2.05) is 13.8 Å². The van der Waals surface area contributed by atoms with Crippen molar-refractivity contribution in [2.45, 2.75) is 26.3 Å². The van der Waals surface area contributed by atoms with Crippen LogP contribution in [0.1, 0.15) is 30.6 Å². The Balaban J connectivity index is 2.94. The van der Waals surface area contributed by atoms with Gasteiger partial charge in [-0.1, -0.05) is 31.9 Å². The van der Waals surface area contributed by atoms with Crippen LogP contribution in [0.3, 0.4) is 0 Å². The maximum Gasteiger partial charge on any atom is 0.337 e. The van der Waals surface area contributed by atoms with Crippen LogP contribution in [-0.2, 0) is 4.79 Å². The highest BCUT2D eigenvalue weighted by molar-refractivity contribution is 6.31. The van der Waals surface area contributed by atoms with E-state index in [9.17, 15) is 9.59 Å². The number of carboxylic acid groups (broad SMARTS) is 1. The van der Waals surface area contributed by atoms with E-state index in [4.69, 9.17) is 22.4 Å². The molecule has 2 unspecified atom stereocenters. The summed E-state index contributed by atoms with van der Waals surface area (Å²) in [5.41, 5.74) is 5.93. The van der Waals surface area contributed by atoms with Crippen LogP contribution in [0, 0.1) is 5.92 Å². The fourth-order valence-electron chi connectivity index (χ4n) is 1.53. The molecule has 1 rings (SSSR count). The van der Waals surface area contributed by atoms with Crippen molar-refractivity contribution in [2.75, 3.05) is 5.32 Å². The summed E-state index contributed by atoms with van der Waals surface area (Å²) in [6, 6.07) is 3.57. The van der Waals surface area contributed by atoms with Gasteiger partial charge >= 0.3 is 5.97 Å². The Kier molecular flexibility index (Phi) is 5.32. The second-order valence-corrected chi connectivity index (χ2v) is 4.83. The molecule has 5 nitrogen and oxygen atoms in total. The zero-order valence-electron chi connectivity index (χ0n) is 10.8. The molecule has 19 heavy (non-hydrogen) atoms. The molecule has 4 N–H and O–H groups in total. The fraction of sp³-hybridized carbons (Fsp3) is 0.385. The molecular formula is C13H17ClN2O3. The SMILES string of the molecule is CCC(C)C(N)C(=O)Nc1ccc(Cl)cc1C(=O)O. The topological polar surface area (TPSA) is 92.4 Å². The molecule has 104 valence electrons. The molecule has 0 bridgehead atoms. The number of hydrogen-bond donors (Lipinski definition) is 3. The van der Waals surface area contributed by atoms with Gasteiger partial charge in [-0.25, -0.2) is 4.79 Å². The highest BCUT2D eigenvalue weighted by atomic mass is 35.5. The first-order valence-corrected chi connectivity index (χ1v) is 6.33. The molecule has 0 saturated heterocycles. The van der Waals surface area contributed by atoms with Crippen LogP contribution < -0.4 is 11.1 Å². The van der Waals surface area contributed by atoms with Gasteiger partial charge in [0.05, 0.1) is 17.3 Å². The zero-order valence-corrected chi connectivity index (χ0v) is 11.6. The average molecular weight is 285 g/mol. The standard InChI is InChI=1S/C13H17ClN2O3/c1-3-7(2)11(15)12(17)16-10-5-4-8(14)6-9(10)13(18)19/h4-7,11H,3,15H2,1-2H3,(H,16,17)(H,18,19). The summed E-state index contributed by atoms with van der Waals surface area (Å²) < 4.78 is 0. The Labute approximate surface area is 116 Å². The number of carbonyl (C=O) groups excluding carboxylic acids is 1. The Hall–Kier alpha value is -1.59. The lowest BCUT2D eigenvalue weighted by molar-refractivity contribution is -0.118. The molecule has 0 aliphatic carbocycles. The van der Waals surface area contributed by atoms with Crippen LogP contribution in [0.5, 0.6) is 0 Å². The maximum atomic E-state index is 11.9. The monoisotopic (exact) mass is 284 g/mol. The smallest absolute Gasteiger partial charge is 0.337 e. The predicted octanol–water partition coefficient (Wildman–Crippen LogP) is 2.35. The van der Waals surface area contributed by atoms with Gasteiger partial charge in [0.1, 0.15) is 0 Å². The van der Waals surface area contributed by atoms with Crippen molar-refractivity contribution in [3.05, 3.63) is 28.8 Å². The van der Waals surface area contributed by atoms with Crippen molar-refractivity contribution in [2.24, 2.45) is 11.7 Å². The second-order valence-electron chi connectivity index (χ2n) is 4.40. The van der Waals surface area contributed by atoms with E-state index in [1.165, 1.54) is 18.2 Å². The van der Waals surface area contributed by atoms with Crippen molar-refractivity contribution in [1.82, 2.24) is 0 Å². The summed E-state index contributed by atoms with van der Waals surface area (Å²) in [7, 11) is 0. The quantitative estimate of drug-likeness (QED) is 0.774. The number of rotatable bonds is 5. The van der Waals surface area contributed by atoms with Gasteiger partial charge in [0.25, 0.3) is 0 Å². The summed E-state index contributed by atoms with van der Waals surface area (Å²) in [5, 5.41) is 11.9. The molecule has 0 aliphatic heterocycles. The summed E-state index contributed by atoms with van der Waals surface area (Å²) in [6.45, 7) is 3.80. The molecule has 0 spiro atoms. The molecule has 1 amide bonds. The number of carbonyl (C=O) groups is 2. The maximum absolute atomic E-state index is 11.9. The molecule has 0 fully saturated rings. The lowest BCUT2D eigenvalue weighted by Gasteiger charge is -2.18. The lowest BCUT2D eigenvalue weighted by atomic mass is 9.99. The molecule has 1 aromatic rings. The Morgan fingerprint density at radius 3 is 2.63 bits per heavy atom. The number of anilines is 1.